The zero-order chi connectivity index (χ0) is 18.0. The summed E-state index contributed by atoms with van der Waals surface area (Å²) in [4.78, 5) is 23.6. The predicted molar refractivity (Wildman–Crippen MR) is 103 cm³/mol. The maximum absolute atomic E-state index is 12.2. The molecule has 0 radical (unpaired) electrons. The molecule has 0 spiro atoms. The lowest BCUT2D eigenvalue weighted by Crippen LogP contribution is -2.41. The van der Waals surface area contributed by atoms with Crippen LogP contribution in [0.15, 0.2) is 53.6 Å². The molecule has 0 bridgehead atoms. The zero-order valence-electron chi connectivity index (χ0n) is 14.6. The minimum absolute atomic E-state index is 0.110. The van der Waals surface area contributed by atoms with Crippen LogP contribution in [0.4, 0.5) is 5.95 Å². The lowest BCUT2D eigenvalue weighted by atomic mass is 9.96. The molecule has 2 heterocycles. The number of H-pyrrole nitrogens is 1. The number of fused-ring (bicyclic) bond motifs is 1. The summed E-state index contributed by atoms with van der Waals surface area (Å²) >= 11 is 0. The van der Waals surface area contributed by atoms with Crippen LogP contribution in [0.1, 0.15) is 19.4 Å². The number of nitrogens with one attached hydrogen (secondary N) is 2. The minimum atomic E-state index is -0.110. The van der Waals surface area contributed by atoms with Crippen molar-refractivity contribution >= 4 is 28.5 Å². The fourth-order valence-corrected chi connectivity index (χ4v) is 2.94. The summed E-state index contributed by atoms with van der Waals surface area (Å²) in [6, 6.07) is 7.89. The highest BCUT2D eigenvalue weighted by molar-refractivity contribution is 5.86. The molecule has 0 aliphatic heterocycles. The highest BCUT2D eigenvalue weighted by Gasteiger charge is 2.08. The van der Waals surface area contributed by atoms with Gasteiger partial charge in [0.15, 0.2) is 0 Å². The molecule has 126 valence electrons. The second-order valence-electron chi connectivity index (χ2n) is 5.80. The van der Waals surface area contributed by atoms with E-state index in [1.54, 1.807) is 19.4 Å². The Hall–Kier alpha value is -3.21. The Morgan fingerprint density at radius 1 is 1.32 bits per heavy atom. The van der Waals surface area contributed by atoms with Crippen LogP contribution in [-0.4, -0.2) is 22.0 Å². The molecule has 3 aromatic rings. The van der Waals surface area contributed by atoms with Crippen molar-refractivity contribution in [3.05, 3.63) is 75.2 Å². The number of hydrogen-bond donors (Lipinski definition) is 2. The Kier molecular flexibility index (Phi) is 4.48. The third kappa shape index (κ3) is 3.08. The number of aromatic nitrogens is 3. The van der Waals surface area contributed by atoms with Crippen LogP contribution in [-0.2, 0) is 0 Å². The van der Waals surface area contributed by atoms with Gasteiger partial charge in [0.25, 0.3) is 5.56 Å². The number of hydrogen-bond acceptors (Lipinski definition) is 4. The van der Waals surface area contributed by atoms with Crippen LogP contribution < -0.4 is 21.3 Å². The van der Waals surface area contributed by atoms with Gasteiger partial charge in [-0.05, 0) is 54.0 Å². The quantitative estimate of drug-likeness (QED) is 0.769. The standard InChI is InChI=1S/C20H20N4O/c1-5-15-16(8-9-22-19(15)25)18(12(2)3)13-6-7-17-14(10-13)11-23-20(21-4)24-17/h5-11H,2H2,1,3-4H3,(H,22,25)(H,21,23,24)/b15-5+,18-16+. The number of nitrogens with zero attached hydrogens (tertiary/aromatic N) is 2. The molecule has 0 unspecified atom stereocenters. The SMILES string of the molecule is C=C(C)/C(c1ccc2nc(NC)ncc2c1)=c1/cc[nH]c(=O)/c1=C/C. The third-order valence-electron chi connectivity index (χ3n) is 4.08. The minimum Gasteiger partial charge on any atom is -0.357 e. The van der Waals surface area contributed by atoms with E-state index in [9.17, 15) is 4.79 Å². The summed E-state index contributed by atoms with van der Waals surface area (Å²) in [7, 11) is 1.79. The van der Waals surface area contributed by atoms with E-state index in [-0.39, 0.29) is 5.56 Å². The predicted octanol–water partition coefficient (Wildman–Crippen LogP) is 1.94. The van der Waals surface area contributed by atoms with E-state index in [4.69, 9.17) is 0 Å². The van der Waals surface area contributed by atoms with Crippen LogP contribution in [0.25, 0.3) is 22.6 Å². The molecule has 0 aliphatic carbocycles. The summed E-state index contributed by atoms with van der Waals surface area (Å²) in [6.45, 7) is 7.92. The normalized spacial score (nSPS) is 13.0. The van der Waals surface area contributed by atoms with E-state index in [0.717, 1.165) is 32.8 Å². The molecule has 0 saturated carbocycles. The Bertz CT molecular complexity index is 1140. The molecule has 5 heteroatoms. The molecule has 0 saturated heterocycles. The van der Waals surface area contributed by atoms with Gasteiger partial charge in [0, 0.05) is 30.0 Å². The Balaban J connectivity index is 2.37. The van der Waals surface area contributed by atoms with E-state index in [1.807, 2.05) is 44.2 Å². The van der Waals surface area contributed by atoms with Crippen molar-refractivity contribution in [2.75, 3.05) is 12.4 Å². The van der Waals surface area contributed by atoms with Crippen LogP contribution in [0.3, 0.4) is 0 Å². The van der Waals surface area contributed by atoms with E-state index < -0.39 is 0 Å². The average molecular weight is 332 g/mol. The maximum atomic E-state index is 12.2. The van der Waals surface area contributed by atoms with Crippen molar-refractivity contribution in [3.63, 3.8) is 0 Å². The van der Waals surface area contributed by atoms with Gasteiger partial charge in [-0.25, -0.2) is 9.97 Å². The summed E-state index contributed by atoms with van der Waals surface area (Å²) in [6.07, 6.45) is 5.27. The number of anilines is 1. The van der Waals surface area contributed by atoms with E-state index >= 15 is 0 Å². The first-order chi connectivity index (χ1) is 12.0. The van der Waals surface area contributed by atoms with Gasteiger partial charge >= 0.3 is 0 Å². The van der Waals surface area contributed by atoms with Crippen molar-refractivity contribution < 1.29 is 0 Å². The van der Waals surface area contributed by atoms with E-state index in [0.29, 0.717) is 11.2 Å². The monoisotopic (exact) mass is 332 g/mol. The van der Waals surface area contributed by atoms with Crippen molar-refractivity contribution in [2.45, 2.75) is 13.8 Å². The van der Waals surface area contributed by atoms with Crippen molar-refractivity contribution in [1.29, 1.82) is 0 Å². The van der Waals surface area contributed by atoms with E-state index in [2.05, 4.69) is 26.8 Å². The van der Waals surface area contributed by atoms with Crippen molar-refractivity contribution in [2.24, 2.45) is 0 Å². The molecule has 25 heavy (non-hydrogen) atoms. The first-order valence-electron chi connectivity index (χ1n) is 8.04. The smallest absolute Gasteiger partial charge is 0.255 e. The van der Waals surface area contributed by atoms with Gasteiger partial charge in [-0.1, -0.05) is 18.7 Å². The molecular formula is C20H20N4O. The zero-order valence-corrected chi connectivity index (χ0v) is 14.6. The van der Waals surface area contributed by atoms with Gasteiger partial charge in [-0.3, -0.25) is 4.79 Å². The molecule has 3 rings (SSSR count). The Morgan fingerprint density at radius 3 is 2.80 bits per heavy atom. The fraction of sp³-hybridized carbons (Fsp3) is 0.150. The molecular weight excluding hydrogens is 312 g/mol. The number of allylic oxidation sites excluding steroid dienone is 1. The molecule has 1 aromatic carbocycles. The second kappa shape index (κ2) is 6.73. The summed E-state index contributed by atoms with van der Waals surface area (Å²) < 4.78 is 0. The van der Waals surface area contributed by atoms with Gasteiger partial charge in [0.1, 0.15) is 0 Å². The first-order valence-corrected chi connectivity index (χ1v) is 8.04. The molecule has 0 amide bonds. The van der Waals surface area contributed by atoms with Gasteiger partial charge in [0.2, 0.25) is 5.95 Å². The van der Waals surface area contributed by atoms with Crippen LogP contribution >= 0.6 is 0 Å². The van der Waals surface area contributed by atoms with Gasteiger partial charge < -0.3 is 10.3 Å². The summed E-state index contributed by atoms with van der Waals surface area (Å²) in [5.74, 6) is 0.585. The first kappa shape index (κ1) is 16.6. The number of pyridine rings is 1. The van der Waals surface area contributed by atoms with Crippen LogP contribution in [0.5, 0.6) is 0 Å². The highest BCUT2D eigenvalue weighted by atomic mass is 16.1. The molecule has 2 aromatic heterocycles. The number of benzene rings is 1. The fourth-order valence-electron chi connectivity index (χ4n) is 2.94. The largest absolute Gasteiger partial charge is 0.357 e. The Labute approximate surface area is 145 Å². The van der Waals surface area contributed by atoms with E-state index in [1.165, 1.54) is 0 Å². The number of aromatic amines is 1. The third-order valence-corrected chi connectivity index (χ3v) is 4.08. The molecule has 5 nitrogen and oxygen atoms in total. The lowest BCUT2D eigenvalue weighted by molar-refractivity contribution is 1.18. The molecule has 0 aliphatic rings. The Morgan fingerprint density at radius 2 is 2.12 bits per heavy atom. The number of rotatable bonds is 3. The average Bonchev–Trinajstić information content (AvgIpc) is 2.61. The van der Waals surface area contributed by atoms with Crippen molar-refractivity contribution in [3.8, 4) is 0 Å². The molecule has 0 atom stereocenters. The summed E-state index contributed by atoms with van der Waals surface area (Å²) in [5.41, 5.74) is 3.56. The molecule has 2 N–H and O–H groups in total. The van der Waals surface area contributed by atoms with Gasteiger partial charge in [-0.2, -0.15) is 0 Å². The maximum Gasteiger partial charge on any atom is 0.255 e. The van der Waals surface area contributed by atoms with Gasteiger partial charge in [0.05, 0.1) is 5.52 Å². The van der Waals surface area contributed by atoms with Crippen molar-refractivity contribution in [1.82, 2.24) is 15.0 Å². The lowest BCUT2D eigenvalue weighted by Gasteiger charge is -2.10. The topological polar surface area (TPSA) is 70.7 Å². The molecule has 0 fully saturated rings. The van der Waals surface area contributed by atoms with Gasteiger partial charge in [-0.15, -0.1) is 0 Å². The van der Waals surface area contributed by atoms with Crippen LogP contribution in [0, 0.1) is 0 Å². The summed E-state index contributed by atoms with van der Waals surface area (Å²) in [5, 5.41) is 5.38. The second-order valence-corrected chi connectivity index (χ2v) is 5.80. The van der Waals surface area contributed by atoms with Crippen LogP contribution in [0.2, 0.25) is 0 Å². The highest BCUT2D eigenvalue weighted by Crippen LogP contribution is 2.22.